The maximum Gasteiger partial charge on any atom is 0.238 e. The summed E-state index contributed by atoms with van der Waals surface area (Å²) < 4.78 is 12.6. The van der Waals surface area contributed by atoms with Crippen LogP contribution in [0.15, 0.2) is 18.3 Å². The molecule has 0 saturated heterocycles. The molecule has 1 aliphatic carbocycles. The molecule has 3 N–H and O–H groups in total. The predicted octanol–water partition coefficient (Wildman–Crippen LogP) is 1.62. The van der Waals surface area contributed by atoms with Crippen LogP contribution in [-0.2, 0) is 4.79 Å². The highest BCUT2D eigenvalue weighted by atomic mass is 32.1. The van der Waals surface area contributed by atoms with E-state index in [1.54, 1.807) is 0 Å². The highest BCUT2D eigenvalue weighted by molar-refractivity contribution is 7.80. The molecule has 1 aromatic heterocycles. The van der Waals surface area contributed by atoms with E-state index in [-0.39, 0.29) is 10.9 Å². The third kappa shape index (κ3) is 2.12. The van der Waals surface area contributed by atoms with Gasteiger partial charge >= 0.3 is 0 Å². The molecule has 0 aliphatic heterocycles. The van der Waals surface area contributed by atoms with Crippen LogP contribution >= 0.6 is 12.2 Å². The maximum absolute atomic E-state index is 12.6. The number of nitrogens with two attached hydrogens (primary N) is 1. The van der Waals surface area contributed by atoms with Gasteiger partial charge in [-0.1, -0.05) is 18.6 Å². The third-order valence-electron chi connectivity index (χ3n) is 3.08. The topological polar surface area (TPSA) is 68.0 Å². The van der Waals surface area contributed by atoms with E-state index < -0.39 is 11.2 Å². The lowest BCUT2D eigenvalue weighted by atomic mass is 9.68. The number of hydrogen-bond acceptors (Lipinski definition) is 3. The minimum absolute atomic E-state index is 0.211. The lowest BCUT2D eigenvalue weighted by molar-refractivity contribution is -0.125. The number of aromatic nitrogens is 1. The molecule has 0 radical (unpaired) electrons. The Balaban J connectivity index is 2.11. The van der Waals surface area contributed by atoms with Gasteiger partial charge < -0.3 is 11.1 Å². The fourth-order valence-corrected chi connectivity index (χ4v) is 2.10. The van der Waals surface area contributed by atoms with Gasteiger partial charge in [-0.25, -0.2) is 9.37 Å². The largest absolute Gasteiger partial charge is 0.392 e. The summed E-state index contributed by atoms with van der Waals surface area (Å²) in [5.41, 5.74) is 4.86. The van der Waals surface area contributed by atoms with Crippen molar-refractivity contribution in [3.63, 3.8) is 0 Å². The van der Waals surface area contributed by atoms with E-state index in [2.05, 4.69) is 10.3 Å². The van der Waals surface area contributed by atoms with Gasteiger partial charge in [-0.05, 0) is 25.0 Å². The Morgan fingerprint density at radius 2 is 2.24 bits per heavy atom. The number of anilines is 1. The smallest absolute Gasteiger partial charge is 0.238 e. The molecule has 4 nitrogen and oxygen atoms in total. The zero-order chi connectivity index (χ0) is 12.5. The Morgan fingerprint density at radius 3 is 2.65 bits per heavy atom. The van der Waals surface area contributed by atoms with Gasteiger partial charge in [0.05, 0.1) is 16.6 Å². The summed E-state index contributed by atoms with van der Waals surface area (Å²) in [5.74, 6) is -0.398. The standard InChI is InChI=1S/C11H12FN3OS/c12-7-2-3-8(14-6-7)15-10(16)11(9(13)17)4-1-5-11/h2-3,6H,1,4-5H2,(H2,13,17)(H,14,15,16). The van der Waals surface area contributed by atoms with E-state index in [1.807, 2.05) is 0 Å². The van der Waals surface area contributed by atoms with Crippen LogP contribution in [-0.4, -0.2) is 15.9 Å². The Bertz CT molecular complexity index is 456. The van der Waals surface area contributed by atoms with E-state index in [0.717, 1.165) is 12.6 Å². The van der Waals surface area contributed by atoms with Crippen molar-refractivity contribution in [1.82, 2.24) is 4.98 Å². The van der Waals surface area contributed by atoms with Crippen LogP contribution in [0.25, 0.3) is 0 Å². The molecule has 1 aromatic rings. The zero-order valence-corrected chi connectivity index (χ0v) is 9.89. The van der Waals surface area contributed by atoms with Gasteiger partial charge in [0.1, 0.15) is 11.6 Å². The van der Waals surface area contributed by atoms with Crippen molar-refractivity contribution in [1.29, 1.82) is 0 Å². The Hall–Kier alpha value is -1.56. The zero-order valence-electron chi connectivity index (χ0n) is 9.07. The Kier molecular flexibility index (Phi) is 3.06. The number of amides is 1. The number of carbonyl (C=O) groups excluding carboxylic acids is 1. The molecular weight excluding hydrogens is 241 g/mol. The summed E-state index contributed by atoms with van der Waals surface area (Å²) in [6.07, 6.45) is 3.30. The number of carbonyl (C=O) groups is 1. The summed E-state index contributed by atoms with van der Waals surface area (Å²) in [4.78, 5) is 16.0. The van der Waals surface area contributed by atoms with Gasteiger partial charge in [0, 0.05) is 0 Å². The van der Waals surface area contributed by atoms with Gasteiger partial charge in [0.2, 0.25) is 5.91 Å². The predicted molar refractivity (Wildman–Crippen MR) is 65.9 cm³/mol. The van der Waals surface area contributed by atoms with Gasteiger partial charge in [-0.15, -0.1) is 0 Å². The molecule has 1 aliphatic rings. The number of nitrogens with zero attached hydrogens (tertiary/aromatic N) is 1. The van der Waals surface area contributed by atoms with Crippen LogP contribution in [0.1, 0.15) is 19.3 Å². The molecule has 1 fully saturated rings. The first-order valence-corrected chi connectivity index (χ1v) is 5.68. The lowest BCUT2D eigenvalue weighted by Crippen LogP contribution is -2.50. The van der Waals surface area contributed by atoms with Crippen molar-refractivity contribution < 1.29 is 9.18 Å². The number of hydrogen-bond donors (Lipinski definition) is 2. The number of halogens is 1. The van der Waals surface area contributed by atoms with Gasteiger partial charge in [0.15, 0.2) is 0 Å². The molecule has 1 saturated carbocycles. The van der Waals surface area contributed by atoms with Crippen molar-refractivity contribution in [2.24, 2.45) is 11.1 Å². The van der Waals surface area contributed by atoms with Gasteiger partial charge in [-0.2, -0.15) is 0 Å². The number of thiocarbonyl (C=S) groups is 1. The van der Waals surface area contributed by atoms with Crippen molar-refractivity contribution in [3.05, 3.63) is 24.1 Å². The molecule has 90 valence electrons. The minimum Gasteiger partial charge on any atom is -0.392 e. The molecule has 17 heavy (non-hydrogen) atoms. The molecule has 0 aromatic carbocycles. The molecule has 0 atom stereocenters. The monoisotopic (exact) mass is 253 g/mol. The normalized spacial score (nSPS) is 17.0. The van der Waals surface area contributed by atoms with Crippen LogP contribution < -0.4 is 11.1 Å². The Morgan fingerprint density at radius 1 is 1.53 bits per heavy atom. The molecule has 6 heteroatoms. The number of nitrogens with one attached hydrogen (secondary N) is 1. The van der Waals surface area contributed by atoms with E-state index in [9.17, 15) is 9.18 Å². The summed E-state index contributed by atoms with van der Waals surface area (Å²) >= 11 is 4.93. The fourth-order valence-electron chi connectivity index (χ4n) is 1.80. The lowest BCUT2D eigenvalue weighted by Gasteiger charge is -2.38. The van der Waals surface area contributed by atoms with Crippen molar-refractivity contribution >= 4 is 28.9 Å². The van der Waals surface area contributed by atoms with Crippen LogP contribution in [0, 0.1) is 11.2 Å². The molecule has 1 heterocycles. The minimum atomic E-state index is -0.745. The number of pyridine rings is 1. The van der Waals surface area contributed by atoms with E-state index in [4.69, 9.17) is 18.0 Å². The molecular formula is C11H12FN3OS. The SMILES string of the molecule is NC(=S)C1(C(=O)Nc2ccc(F)cn2)CCC1. The average Bonchev–Trinajstić information content (AvgIpc) is 2.19. The first-order chi connectivity index (χ1) is 8.04. The van der Waals surface area contributed by atoms with Gasteiger partial charge in [-0.3, -0.25) is 4.79 Å². The summed E-state index contributed by atoms with van der Waals surface area (Å²) in [6, 6.07) is 2.63. The Labute approximate surface area is 103 Å². The van der Waals surface area contributed by atoms with Gasteiger partial charge in [0.25, 0.3) is 0 Å². The summed E-state index contributed by atoms with van der Waals surface area (Å²) in [5, 5.41) is 2.61. The number of rotatable bonds is 3. The highest BCUT2D eigenvalue weighted by Gasteiger charge is 2.47. The third-order valence-corrected chi connectivity index (χ3v) is 3.47. The molecule has 1 amide bonds. The van der Waals surface area contributed by atoms with Crippen molar-refractivity contribution in [2.75, 3.05) is 5.32 Å². The molecule has 0 spiro atoms. The maximum atomic E-state index is 12.6. The van der Waals surface area contributed by atoms with Crippen LogP contribution in [0.5, 0.6) is 0 Å². The molecule has 0 bridgehead atoms. The first kappa shape index (κ1) is 11.9. The average molecular weight is 253 g/mol. The molecule has 2 rings (SSSR count). The van der Waals surface area contributed by atoms with Crippen LogP contribution in [0.2, 0.25) is 0 Å². The molecule has 0 unspecified atom stereocenters. The second-order valence-corrected chi connectivity index (χ2v) is 4.56. The quantitative estimate of drug-likeness (QED) is 0.803. The summed E-state index contributed by atoms with van der Waals surface area (Å²) in [6.45, 7) is 0. The van der Waals surface area contributed by atoms with E-state index >= 15 is 0 Å². The van der Waals surface area contributed by atoms with Crippen LogP contribution in [0.4, 0.5) is 10.2 Å². The summed E-state index contributed by atoms with van der Waals surface area (Å²) in [7, 11) is 0. The highest BCUT2D eigenvalue weighted by Crippen LogP contribution is 2.42. The van der Waals surface area contributed by atoms with Crippen LogP contribution in [0.3, 0.4) is 0 Å². The van der Waals surface area contributed by atoms with E-state index in [0.29, 0.717) is 18.7 Å². The van der Waals surface area contributed by atoms with Crippen molar-refractivity contribution in [3.8, 4) is 0 Å². The van der Waals surface area contributed by atoms with Crippen molar-refractivity contribution in [2.45, 2.75) is 19.3 Å². The van der Waals surface area contributed by atoms with E-state index in [1.165, 1.54) is 12.1 Å². The second kappa shape index (κ2) is 4.37. The fraction of sp³-hybridized carbons (Fsp3) is 0.364. The second-order valence-electron chi connectivity index (χ2n) is 4.12. The first-order valence-electron chi connectivity index (χ1n) is 5.27.